The van der Waals surface area contributed by atoms with Crippen LogP contribution in [0.4, 0.5) is 26.3 Å². The molecular formula is C17H33F6N3O4S2. The lowest BCUT2D eigenvalue weighted by atomic mass is 10.1. The van der Waals surface area contributed by atoms with Crippen LogP contribution in [0.5, 0.6) is 0 Å². The first-order chi connectivity index (χ1) is 14.5. The number of nitrogens with zero attached hydrogens (tertiary/aromatic N) is 2. The van der Waals surface area contributed by atoms with Gasteiger partial charge in [0, 0.05) is 13.1 Å². The molecule has 1 saturated heterocycles. The highest BCUT2D eigenvalue weighted by atomic mass is 32.3. The summed E-state index contributed by atoms with van der Waals surface area (Å²) in [4.78, 5) is 0. The van der Waals surface area contributed by atoms with E-state index in [1.165, 1.54) is 88.6 Å². The summed E-state index contributed by atoms with van der Waals surface area (Å²) in [5.41, 5.74) is -12.4. The molecule has 1 aliphatic heterocycles. The molecule has 1 fully saturated rings. The van der Waals surface area contributed by atoms with Gasteiger partial charge >= 0.3 is 11.0 Å². The van der Waals surface area contributed by atoms with E-state index < -0.39 is 31.1 Å². The number of nitrogens with one attached hydrogen (secondary N) is 1. The monoisotopic (exact) mass is 521 g/mol. The molecular weight excluding hydrogens is 488 g/mol. The van der Waals surface area contributed by atoms with Crippen molar-refractivity contribution >= 4 is 20.0 Å². The Labute approximate surface area is 186 Å². The number of hydrogen-bond donors (Lipinski definition) is 1. The highest BCUT2D eigenvalue weighted by Gasteiger charge is 2.46. The lowest BCUT2D eigenvalue weighted by molar-refractivity contribution is -0.911. The van der Waals surface area contributed by atoms with E-state index in [2.05, 4.69) is 19.3 Å². The predicted octanol–water partition coefficient (Wildman–Crippen LogP) is 4.24. The third-order valence-corrected chi connectivity index (χ3v) is 7.73. The van der Waals surface area contributed by atoms with E-state index in [1.807, 2.05) is 0 Å². The standard InChI is InChI=1S/C15H33N2.C2F6NO4S2/c1-3-4-5-6-7-8-9-10-13-17(2)14-11-16-12-15-17;3-1(4,5)14(10,11)9-15(12,13)2(6,7)8/h16H,3-15H2,1-2H3;/q+1;-1. The van der Waals surface area contributed by atoms with Gasteiger partial charge in [0.1, 0.15) is 0 Å². The van der Waals surface area contributed by atoms with Crippen molar-refractivity contribution < 1.29 is 47.7 Å². The largest absolute Gasteiger partial charge is 0.480 e. The second-order valence-electron chi connectivity index (χ2n) is 7.93. The Bertz CT molecular complexity index is 692. The maximum atomic E-state index is 11.4. The van der Waals surface area contributed by atoms with E-state index in [9.17, 15) is 43.2 Å². The highest BCUT2D eigenvalue weighted by Crippen LogP contribution is 2.36. The smallest absolute Gasteiger partial charge is 0.421 e. The first-order valence-corrected chi connectivity index (χ1v) is 13.3. The Hall–Kier alpha value is -0.640. The summed E-state index contributed by atoms with van der Waals surface area (Å²) >= 11 is 0. The van der Waals surface area contributed by atoms with Crippen LogP contribution in [0.15, 0.2) is 0 Å². The van der Waals surface area contributed by atoms with E-state index in [0.717, 1.165) is 4.13 Å². The lowest BCUT2D eigenvalue weighted by Crippen LogP contribution is -2.56. The normalized spacial score (nSPS) is 17.5. The van der Waals surface area contributed by atoms with Crippen LogP contribution in [0, 0.1) is 0 Å². The van der Waals surface area contributed by atoms with Crippen molar-refractivity contribution in [2.24, 2.45) is 0 Å². The third kappa shape index (κ3) is 12.0. The summed E-state index contributed by atoms with van der Waals surface area (Å²) in [6.07, 6.45) is 11.5. The van der Waals surface area contributed by atoms with Gasteiger partial charge in [-0.25, -0.2) is 16.8 Å². The molecule has 194 valence electrons. The Morgan fingerprint density at radius 1 is 0.750 bits per heavy atom. The van der Waals surface area contributed by atoms with Crippen LogP contribution in [0.1, 0.15) is 58.3 Å². The molecule has 0 saturated carbocycles. The first-order valence-electron chi connectivity index (χ1n) is 10.4. The van der Waals surface area contributed by atoms with Crippen LogP contribution in [0.3, 0.4) is 0 Å². The van der Waals surface area contributed by atoms with Gasteiger partial charge in [0.15, 0.2) is 20.0 Å². The summed E-state index contributed by atoms with van der Waals surface area (Å²) < 4.78 is 110. The van der Waals surface area contributed by atoms with Gasteiger partial charge in [0.25, 0.3) is 0 Å². The Balaban J connectivity index is 0.000000607. The Kier molecular flexibility index (Phi) is 13.0. The number of sulfonamides is 2. The van der Waals surface area contributed by atoms with Gasteiger partial charge in [-0.2, -0.15) is 26.3 Å². The molecule has 0 unspecified atom stereocenters. The molecule has 32 heavy (non-hydrogen) atoms. The van der Waals surface area contributed by atoms with E-state index in [-0.39, 0.29) is 0 Å². The number of piperazine rings is 1. The molecule has 0 spiro atoms. The molecule has 1 N–H and O–H groups in total. The molecule has 0 radical (unpaired) electrons. The van der Waals surface area contributed by atoms with Crippen molar-refractivity contribution in [3.63, 3.8) is 0 Å². The zero-order valence-electron chi connectivity index (χ0n) is 18.3. The average molecular weight is 522 g/mol. The topological polar surface area (TPSA) is 94.4 Å². The molecule has 0 aliphatic carbocycles. The summed E-state index contributed by atoms with van der Waals surface area (Å²) in [5.74, 6) is 0. The minimum absolute atomic E-state index is 0.778. The third-order valence-electron chi connectivity index (χ3n) is 4.99. The molecule has 1 rings (SSSR count). The van der Waals surface area contributed by atoms with Crippen molar-refractivity contribution in [2.45, 2.75) is 69.3 Å². The van der Waals surface area contributed by atoms with Crippen LogP contribution in [-0.2, 0) is 20.0 Å². The fourth-order valence-corrected chi connectivity index (χ4v) is 4.71. The molecule has 1 heterocycles. The molecule has 0 aromatic carbocycles. The molecule has 0 aromatic heterocycles. The fraction of sp³-hybridized carbons (Fsp3) is 1.00. The van der Waals surface area contributed by atoms with Gasteiger partial charge in [-0.15, -0.1) is 0 Å². The fourth-order valence-electron chi connectivity index (χ4n) is 3.00. The number of rotatable bonds is 11. The van der Waals surface area contributed by atoms with E-state index >= 15 is 0 Å². The number of alkyl halides is 6. The first kappa shape index (κ1) is 31.4. The van der Waals surface area contributed by atoms with E-state index in [1.54, 1.807) is 0 Å². The van der Waals surface area contributed by atoms with Crippen LogP contribution in [-0.4, -0.2) is 72.1 Å². The van der Waals surface area contributed by atoms with E-state index in [0.29, 0.717) is 0 Å². The second-order valence-corrected chi connectivity index (χ2v) is 11.4. The van der Waals surface area contributed by atoms with Gasteiger partial charge in [-0.1, -0.05) is 45.4 Å². The summed E-state index contributed by atoms with van der Waals surface area (Å²) in [7, 11) is -11.0. The van der Waals surface area contributed by atoms with Gasteiger partial charge in [-0.3, -0.25) is 0 Å². The minimum atomic E-state index is -6.72. The lowest BCUT2D eigenvalue weighted by Gasteiger charge is -2.38. The summed E-state index contributed by atoms with van der Waals surface area (Å²) in [6, 6.07) is 0. The van der Waals surface area contributed by atoms with Crippen molar-refractivity contribution in [3.05, 3.63) is 4.13 Å². The highest BCUT2D eigenvalue weighted by molar-refractivity contribution is 8.13. The molecule has 1 aliphatic rings. The van der Waals surface area contributed by atoms with Crippen molar-refractivity contribution in [3.8, 4) is 0 Å². The number of likely N-dealkylation sites (N-methyl/N-ethyl adjacent to an activating group) is 1. The SMILES string of the molecule is CCCCCCCCCC[N+]1(C)CCNCC1.O=S(=O)([N-]S(=O)(=O)C(F)(F)F)C(F)(F)F. The van der Waals surface area contributed by atoms with Crippen molar-refractivity contribution in [1.29, 1.82) is 0 Å². The summed E-state index contributed by atoms with van der Waals surface area (Å²) in [6.45, 7) is 8.78. The molecule has 0 bridgehead atoms. The quantitative estimate of drug-likeness (QED) is 0.249. The zero-order chi connectivity index (χ0) is 25.1. The molecule has 0 atom stereocenters. The maximum absolute atomic E-state index is 11.4. The average Bonchev–Trinajstić information content (AvgIpc) is 2.62. The van der Waals surface area contributed by atoms with Crippen LogP contribution >= 0.6 is 0 Å². The maximum Gasteiger partial charge on any atom is 0.480 e. The van der Waals surface area contributed by atoms with Gasteiger partial charge in [-0.05, 0) is 12.8 Å². The number of halogens is 6. The second kappa shape index (κ2) is 13.3. The van der Waals surface area contributed by atoms with Crippen LogP contribution < -0.4 is 5.32 Å². The zero-order valence-corrected chi connectivity index (χ0v) is 19.9. The van der Waals surface area contributed by atoms with Crippen molar-refractivity contribution in [1.82, 2.24) is 5.32 Å². The van der Waals surface area contributed by atoms with Crippen LogP contribution in [0.25, 0.3) is 4.13 Å². The molecule has 0 aromatic rings. The van der Waals surface area contributed by atoms with Gasteiger partial charge in [0.2, 0.25) is 0 Å². The molecule has 0 amide bonds. The van der Waals surface area contributed by atoms with E-state index in [4.69, 9.17) is 0 Å². The number of quaternary nitrogens is 1. The Morgan fingerprint density at radius 2 is 1.12 bits per heavy atom. The van der Waals surface area contributed by atoms with Crippen molar-refractivity contribution in [2.75, 3.05) is 39.8 Å². The Morgan fingerprint density at radius 3 is 1.50 bits per heavy atom. The molecule has 15 heteroatoms. The van der Waals surface area contributed by atoms with Gasteiger partial charge < -0.3 is 13.9 Å². The number of hydrogen-bond acceptors (Lipinski definition) is 5. The minimum Gasteiger partial charge on any atom is -0.421 e. The van der Waals surface area contributed by atoms with Crippen LogP contribution in [0.2, 0.25) is 0 Å². The van der Waals surface area contributed by atoms with Gasteiger partial charge in [0.05, 0.1) is 26.7 Å². The molecule has 7 nitrogen and oxygen atoms in total. The number of unbranched alkanes of at least 4 members (excludes halogenated alkanes) is 7. The summed E-state index contributed by atoms with van der Waals surface area (Å²) in [5, 5.41) is 3.45. The predicted molar refractivity (Wildman–Crippen MR) is 110 cm³/mol.